The second-order valence-corrected chi connectivity index (χ2v) is 5.04. The standard InChI is InChI=1S/C12H16ClN5/c1-2-9-10(13)17-12-14-7-15-18(12)11(9)16-8-5-3-4-6-8/h7-8,16H,2-6H2,1H3. The van der Waals surface area contributed by atoms with Crippen LogP contribution in [0.2, 0.25) is 5.15 Å². The molecule has 18 heavy (non-hydrogen) atoms. The molecule has 0 atom stereocenters. The number of halogens is 1. The van der Waals surface area contributed by atoms with E-state index in [1.807, 2.05) is 0 Å². The van der Waals surface area contributed by atoms with Gasteiger partial charge in [0.25, 0.3) is 5.78 Å². The zero-order chi connectivity index (χ0) is 12.5. The van der Waals surface area contributed by atoms with E-state index in [-0.39, 0.29) is 0 Å². The molecule has 0 unspecified atom stereocenters. The van der Waals surface area contributed by atoms with Crippen LogP contribution in [0, 0.1) is 0 Å². The molecular weight excluding hydrogens is 250 g/mol. The molecule has 0 radical (unpaired) electrons. The number of aromatic nitrogens is 4. The average Bonchev–Trinajstić information content (AvgIpc) is 2.99. The molecule has 1 N–H and O–H groups in total. The first kappa shape index (κ1) is 11.7. The van der Waals surface area contributed by atoms with Gasteiger partial charge < -0.3 is 5.32 Å². The summed E-state index contributed by atoms with van der Waals surface area (Å²) in [6, 6.07) is 0.515. The Balaban J connectivity index is 2.07. The van der Waals surface area contributed by atoms with Gasteiger partial charge in [-0.3, -0.25) is 0 Å². The van der Waals surface area contributed by atoms with Gasteiger partial charge in [-0.2, -0.15) is 19.6 Å². The predicted octanol–water partition coefficient (Wildman–Crippen LogP) is 2.69. The minimum Gasteiger partial charge on any atom is -0.367 e. The average molecular weight is 266 g/mol. The first-order valence-corrected chi connectivity index (χ1v) is 6.82. The number of nitrogens with zero attached hydrogens (tertiary/aromatic N) is 4. The van der Waals surface area contributed by atoms with Crippen LogP contribution in [0.25, 0.3) is 5.78 Å². The second kappa shape index (κ2) is 4.72. The normalized spacial score (nSPS) is 16.6. The topological polar surface area (TPSA) is 55.1 Å². The molecule has 1 aliphatic rings. The zero-order valence-electron chi connectivity index (χ0n) is 10.4. The Morgan fingerprint density at radius 3 is 2.94 bits per heavy atom. The van der Waals surface area contributed by atoms with Gasteiger partial charge in [0.2, 0.25) is 0 Å². The van der Waals surface area contributed by atoms with Crippen molar-refractivity contribution in [2.75, 3.05) is 5.32 Å². The van der Waals surface area contributed by atoms with E-state index >= 15 is 0 Å². The molecule has 0 amide bonds. The van der Waals surface area contributed by atoms with Gasteiger partial charge in [0.05, 0.1) is 0 Å². The summed E-state index contributed by atoms with van der Waals surface area (Å²) in [4.78, 5) is 8.36. The number of hydrogen-bond donors (Lipinski definition) is 1. The number of hydrogen-bond acceptors (Lipinski definition) is 4. The van der Waals surface area contributed by atoms with Gasteiger partial charge in [-0.1, -0.05) is 31.4 Å². The lowest BCUT2D eigenvalue weighted by molar-refractivity contribution is 0.736. The number of fused-ring (bicyclic) bond motifs is 1. The van der Waals surface area contributed by atoms with E-state index < -0.39 is 0 Å². The molecule has 1 fully saturated rings. The number of rotatable bonds is 3. The van der Waals surface area contributed by atoms with Gasteiger partial charge in [-0.25, -0.2) is 0 Å². The molecule has 1 saturated carbocycles. The Labute approximate surface area is 111 Å². The van der Waals surface area contributed by atoms with Crippen molar-refractivity contribution >= 4 is 23.2 Å². The van der Waals surface area contributed by atoms with Crippen molar-refractivity contribution in [2.24, 2.45) is 0 Å². The van der Waals surface area contributed by atoms with E-state index in [1.165, 1.54) is 32.0 Å². The van der Waals surface area contributed by atoms with Gasteiger partial charge >= 0.3 is 0 Å². The molecule has 2 heterocycles. The van der Waals surface area contributed by atoms with Crippen molar-refractivity contribution in [1.29, 1.82) is 0 Å². The van der Waals surface area contributed by atoms with Gasteiger partial charge in [-0.05, 0) is 19.3 Å². The van der Waals surface area contributed by atoms with E-state index in [1.54, 1.807) is 4.52 Å². The van der Waals surface area contributed by atoms with Gasteiger partial charge in [0, 0.05) is 11.6 Å². The smallest absolute Gasteiger partial charge is 0.255 e. The third-order valence-electron chi connectivity index (χ3n) is 3.52. The lowest BCUT2D eigenvalue weighted by Gasteiger charge is -2.17. The summed E-state index contributed by atoms with van der Waals surface area (Å²) in [5, 5.41) is 8.33. The maximum atomic E-state index is 6.22. The van der Waals surface area contributed by atoms with E-state index in [2.05, 4.69) is 27.3 Å². The third-order valence-corrected chi connectivity index (χ3v) is 3.84. The van der Waals surface area contributed by atoms with Crippen LogP contribution >= 0.6 is 11.6 Å². The Morgan fingerprint density at radius 1 is 1.44 bits per heavy atom. The third kappa shape index (κ3) is 1.92. The van der Waals surface area contributed by atoms with Crippen LogP contribution in [-0.4, -0.2) is 25.6 Å². The van der Waals surface area contributed by atoms with Gasteiger partial charge in [-0.15, -0.1) is 0 Å². The van der Waals surface area contributed by atoms with E-state index in [9.17, 15) is 0 Å². The van der Waals surface area contributed by atoms with Crippen LogP contribution < -0.4 is 5.32 Å². The minimum atomic E-state index is 0.515. The van der Waals surface area contributed by atoms with Crippen LogP contribution in [0.4, 0.5) is 5.82 Å². The van der Waals surface area contributed by atoms with Crippen molar-refractivity contribution in [2.45, 2.75) is 45.1 Å². The maximum Gasteiger partial charge on any atom is 0.255 e. The molecule has 3 rings (SSSR count). The number of anilines is 1. The van der Waals surface area contributed by atoms with E-state index in [4.69, 9.17) is 11.6 Å². The first-order valence-electron chi connectivity index (χ1n) is 6.44. The predicted molar refractivity (Wildman–Crippen MR) is 71.0 cm³/mol. The SMILES string of the molecule is CCc1c(Cl)nc2ncnn2c1NC1CCCC1. The molecule has 2 aromatic rings. The minimum absolute atomic E-state index is 0.515. The van der Waals surface area contributed by atoms with Crippen LogP contribution in [-0.2, 0) is 6.42 Å². The molecule has 0 bridgehead atoms. The highest BCUT2D eigenvalue weighted by Gasteiger charge is 2.20. The van der Waals surface area contributed by atoms with Crippen molar-refractivity contribution < 1.29 is 0 Å². The van der Waals surface area contributed by atoms with Crippen molar-refractivity contribution in [3.63, 3.8) is 0 Å². The Morgan fingerprint density at radius 2 is 2.22 bits per heavy atom. The summed E-state index contributed by atoms with van der Waals surface area (Å²) in [6.45, 7) is 2.07. The van der Waals surface area contributed by atoms with Crippen LogP contribution in [0.3, 0.4) is 0 Å². The van der Waals surface area contributed by atoms with Crippen LogP contribution in [0.5, 0.6) is 0 Å². The Kier molecular flexibility index (Phi) is 3.07. The lowest BCUT2D eigenvalue weighted by Crippen LogP contribution is -2.19. The molecule has 1 aliphatic carbocycles. The Bertz CT molecular complexity index is 559. The molecular formula is C12H16ClN5. The summed E-state index contributed by atoms with van der Waals surface area (Å²) >= 11 is 6.22. The Hall–Kier alpha value is -1.36. The summed E-state index contributed by atoms with van der Waals surface area (Å²) in [7, 11) is 0. The molecule has 6 heteroatoms. The van der Waals surface area contributed by atoms with Crippen molar-refractivity contribution in [3.8, 4) is 0 Å². The highest BCUT2D eigenvalue weighted by molar-refractivity contribution is 6.30. The molecule has 2 aromatic heterocycles. The maximum absolute atomic E-state index is 6.22. The van der Waals surface area contributed by atoms with Gasteiger partial charge in [0.15, 0.2) is 0 Å². The second-order valence-electron chi connectivity index (χ2n) is 4.68. The van der Waals surface area contributed by atoms with Crippen molar-refractivity contribution in [1.82, 2.24) is 19.6 Å². The fourth-order valence-electron chi connectivity index (χ4n) is 2.58. The highest BCUT2D eigenvalue weighted by Crippen LogP contribution is 2.28. The quantitative estimate of drug-likeness (QED) is 0.867. The fraction of sp³-hybridized carbons (Fsp3) is 0.583. The molecule has 0 aliphatic heterocycles. The summed E-state index contributed by atoms with van der Waals surface area (Å²) in [6.07, 6.45) is 7.34. The summed E-state index contributed by atoms with van der Waals surface area (Å²) < 4.78 is 1.75. The van der Waals surface area contributed by atoms with Gasteiger partial charge in [0.1, 0.15) is 17.3 Å². The monoisotopic (exact) mass is 265 g/mol. The molecule has 96 valence electrons. The summed E-state index contributed by atoms with van der Waals surface area (Å²) in [5.41, 5.74) is 1.02. The largest absolute Gasteiger partial charge is 0.367 e. The lowest BCUT2D eigenvalue weighted by atomic mass is 10.2. The zero-order valence-corrected chi connectivity index (χ0v) is 11.1. The molecule has 0 aromatic carbocycles. The van der Waals surface area contributed by atoms with Crippen LogP contribution in [0.1, 0.15) is 38.2 Å². The number of nitrogens with one attached hydrogen (secondary N) is 1. The molecule has 5 nitrogen and oxygen atoms in total. The summed E-state index contributed by atoms with van der Waals surface area (Å²) in [5.74, 6) is 1.51. The van der Waals surface area contributed by atoms with E-state index in [0.717, 1.165) is 17.8 Å². The first-order chi connectivity index (χ1) is 8.79. The fourth-order valence-corrected chi connectivity index (χ4v) is 2.87. The highest BCUT2D eigenvalue weighted by atomic mass is 35.5. The van der Waals surface area contributed by atoms with Crippen LogP contribution in [0.15, 0.2) is 6.33 Å². The molecule has 0 spiro atoms. The van der Waals surface area contributed by atoms with Crippen molar-refractivity contribution in [3.05, 3.63) is 17.0 Å². The van der Waals surface area contributed by atoms with E-state index in [0.29, 0.717) is 17.0 Å². The molecule has 0 saturated heterocycles.